The molecule has 0 bridgehead atoms. The minimum Gasteiger partial charge on any atom is -0.457 e. The molecule has 0 aliphatic rings. The second-order valence-electron chi connectivity index (χ2n) is 6.19. The molecule has 0 aliphatic carbocycles. The summed E-state index contributed by atoms with van der Waals surface area (Å²) in [5, 5.41) is 0. The van der Waals surface area contributed by atoms with Crippen molar-refractivity contribution in [1.29, 1.82) is 0 Å². The predicted octanol–water partition coefficient (Wildman–Crippen LogP) is 4.14. The molecule has 1 unspecified atom stereocenters. The maximum absolute atomic E-state index is 11.9. The van der Waals surface area contributed by atoms with E-state index in [-0.39, 0.29) is 5.91 Å². The van der Waals surface area contributed by atoms with Crippen LogP contribution in [0.4, 0.5) is 0 Å². The Hall–Kier alpha value is -3.11. The minimum absolute atomic E-state index is 0.359. The van der Waals surface area contributed by atoms with Crippen molar-refractivity contribution in [2.45, 2.75) is 12.6 Å². The van der Waals surface area contributed by atoms with E-state index in [2.05, 4.69) is 0 Å². The van der Waals surface area contributed by atoms with Crippen LogP contribution in [0.25, 0.3) is 0 Å². The van der Waals surface area contributed by atoms with Gasteiger partial charge in [-0.25, -0.2) is 0 Å². The molecule has 3 aromatic rings. The largest absolute Gasteiger partial charge is 0.457 e. The lowest BCUT2D eigenvalue weighted by atomic mass is 10.0. The van der Waals surface area contributed by atoms with E-state index >= 15 is 0 Å². The normalized spacial score (nSPS) is 11.9. The second-order valence-corrected chi connectivity index (χ2v) is 6.19. The topological polar surface area (TPSA) is 55.6 Å². The number of para-hydroxylation sites is 1. The van der Waals surface area contributed by atoms with Gasteiger partial charge >= 0.3 is 0 Å². The molecule has 4 nitrogen and oxygen atoms in total. The van der Waals surface area contributed by atoms with Gasteiger partial charge in [0.2, 0.25) is 5.91 Å². The number of nitrogens with zero attached hydrogens (tertiary/aromatic N) is 1. The molecule has 132 valence electrons. The Morgan fingerprint density at radius 2 is 1.42 bits per heavy atom. The average Bonchev–Trinajstić information content (AvgIpc) is 2.65. The van der Waals surface area contributed by atoms with E-state index in [1.807, 2.05) is 96.9 Å². The van der Waals surface area contributed by atoms with Gasteiger partial charge in [-0.3, -0.25) is 9.69 Å². The SMILES string of the molecule is CN(Cc1ccc(Oc2ccccc2)cc1)C(C(N)=O)c1ccccc1. The number of benzene rings is 3. The first-order chi connectivity index (χ1) is 12.6. The molecule has 3 rings (SSSR count). The fourth-order valence-corrected chi connectivity index (χ4v) is 2.94. The molecular weight excluding hydrogens is 324 g/mol. The lowest BCUT2D eigenvalue weighted by molar-refractivity contribution is -0.123. The number of carbonyl (C=O) groups is 1. The molecule has 0 aliphatic heterocycles. The molecule has 3 aromatic carbocycles. The monoisotopic (exact) mass is 346 g/mol. The van der Waals surface area contributed by atoms with Crippen LogP contribution in [0.15, 0.2) is 84.9 Å². The smallest absolute Gasteiger partial charge is 0.239 e. The fourth-order valence-electron chi connectivity index (χ4n) is 2.94. The molecule has 0 spiro atoms. The van der Waals surface area contributed by atoms with E-state index in [1.54, 1.807) is 0 Å². The van der Waals surface area contributed by atoms with Gasteiger partial charge in [-0.05, 0) is 42.4 Å². The van der Waals surface area contributed by atoms with Gasteiger partial charge in [-0.1, -0.05) is 60.7 Å². The summed E-state index contributed by atoms with van der Waals surface area (Å²) in [4.78, 5) is 13.9. The van der Waals surface area contributed by atoms with Crippen molar-refractivity contribution in [3.05, 3.63) is 96.1 Å². The molecule has 2 N–H and O–H groups in total. The first-order valence-corrected chi connectivity index (χ1v) is 8.50. The van der Waals surface area contributed by atoms with Gasteiger partial charge in [-0.2, -0.15) is 0 Å². The number of primary amides is 1. The molecule has 26 heavy (non-hydrogen) atoms. The maximum atomic E-state index is 11.9. The van der Waals surface area contributed by atoms with Crippen LogP contribution in [0.3, 0.4) is 0 Å². The zero-order chi connectivity index (χ0) is 18.4. The van der Waals surface area contributed by atoms with Crippen LogP contribution < -0.4 is 10.5 Å². The molecule has 0 heterocycles. The molecule has 0 aromatic heterocycles. The lowest BCUT2D eigenvalue weighted by Crippen LogP contribution is -2.34. The summed E-state index contributed by atoms with van der Waals surface area (Å²) in [6, 6.07) is 26.6. The van der Waals surface area contributed by atoms with Crippen molar-refractivity contribution < 1.29 is 9.53 Å². The number of nitrogens with two attached hydrogens (primary N) is 1. The Balaban J connectivity index is 1.68. The zero-order valence-electron chi connectivity index (χ0n) is 14.7. The minimum atomic E-state index is -0.462. The van der Waals surface area contributed by atoms with E-state index in [1.165, 1.54) is 0 Å². The van der Waals surface area contributed by atoms with Gasteiger partial charge in [0.1, 0.15) is 17.5 Å². The summed E-state index contributed by atoms with van der Waals surface area (Å²) in [6.07, 6.45) is 0. The molecule has 0 saturated heterocycles. The summed E-state index contributed by atoms with van der Waals surface area (Å²) in [6.45, 7) is 0.605. The number of ether oxygens (including phenoxy) is 1. The highest BCUT2D eigenvalue weighted by atomic mass is 16.5. The third kappa shape index (κ3) is 4.49. The fraction of sp³-hybridized carbons (Fsp3) is 0.136. The van der Waals surface area contributed by atoms with Crippen molar-refractivity contribution in [1.82, 2.24) is 4.90 Å². The van der Waals surface area contributed by atoms with Crippen molar-refractivity contribution in [3.8, 4) is 11.5 Å². The van der Waals surface area contributed by atoms with Crippen LogP contribution in [-0.4, -0.2) is 17.9 Å². The van der Waals surface area contributed by atoms with Crippen LogP contribution in [-0.2, 0) is 11.3 Å². The maximum Gasteiger partial charge on any atom is 0.239 e. The Morgan fingerprint density at radius 3 is 2.00 bits per heavy atom. The summed E-state index contributed by atoms with van der Waals surface area (Å²) < 4.78 is 5.81. The number of amides is 1. The lowest BCUT2D eigenvalue weighted by Gasteiger charge is -2.26. The Labute approximate surface area is 153 Å². The molecule has 1 atom stereocenters. The van der Waals surface area contributed by atoms with E-state index in [9.17, 15) is 4.79 Å². The van der Waals surface area contributed by atoms with Crippen molar-refractivity contribution in [3.63, 3.8) is 0 Å². The highest BCUT2D eigenvalue weighted by Gasteiger charge is 2.22. The van der Waals surface area contributed by atoms with Crippen LogP contribution >= 0.6 is 0 Å². The van der Waals surface area contributed by atoms with Crippen molar-refractivity contribution in [2.24, 2.45) is 5.73 Å². The Bertz CT molecular complexity index is 833. The highest BCUT2D eigenvalue weighted by molar-refractivity contribution is 5.81. The van der Waals surface area contributed by atoms with E-state index in [0.29, 0.717) is 6.54 Å². The second kappa shape index (κ2) is 8.32. The molecular formula is C22H22N2O2. The Morgan fingerprint density at radius 1 is 0.885 bits per heavy atom. The Kier molecular flexibility index (Phi) is 5.66. The standard InChI is InChI=1S/C22H22N2O2/c1-24(21(22(23)25)18-8-4-2-5-9-18)16-17-12-14-20(15-13-17)26-19-10-6-3-7-11-19/h2-15,21H,16H2,1H3,(H2,23,25). The van der Waals surface area contributed by atoms with E-state index < -0.39 is 6.04 Å². The number of carbonyl (C=O) groups excluding carboxylic acids is 1. The van der Waals surface area contributed by atoms with Gasteiger partial charge < -0.3 is 10.5 Å². The number of hydrogen-bond donors (Lipinski definition) is 1. The summed E-state index contributed by atoms with van der Waals surface area (Å²) in [5.74, 6) is 1.22. The quantitative estimate of drug-likeness (QED) is 0.699. The predicted molar refractivity (Wildman–Crippen MR) is 103 cm³/mol. The van der Waals surface area contributed by atoms with Gasteiger partial charge in [0.25, 0.3) is 0 Å². The molecule has 4 heteroatoms. The first kappa shape index (κ1) is 17.7. The molecule has 0 saturated carbocycles. The molecule has 1 amide bonds. The molecule has 0 fully saturated rings. The van der Waals surface area contributed by atoms with Gasteiger partial charge in [0.05, 0.1) is 0 Å². The van der Waals surface area contributed by atoms with Gasteiger partial charge in [0, 0.05) is 6.54 Å². The third-order valence-corrected chi connectivity index (χ3v) is 4.16. The van der Waals surface area contributed by atoms with Crippen molar-refractivity contribution >= 4 is 5.91 Å². The summed E-state index contributed by atoms with van der Waals surface area (Å²) in [5.41, 5.74) is 7.61. The number of rotatable bonds is 7. The zero-order valence-corrected chi connectivity index (χ0v) is 14.7. The van der Waals surface area contributed by atoms with Gasteiger partial charge in [0.15, 0.2) is 0 Å². The first-order valence-electron chi connectivity index (χ1n) is 8.50. The van der Waals surface area contributed by atoms with Crippen LogP contribution in [0.1, 0.15) is 17.2 Å². The summed E-state index contributed by atoms with van der Waals surface area (Å²) >= 11 is 0. The van der Waals surface area contributed by atoms with Crippen LogP contribution in [0.2, 0.25) is 0 Å². The van der Waals surface area contributed by atoms with Crippen LogP contribution in [0, 0.1) is 0 Å². The summed E-state index contributed by atoms with van der Waals surface area (Å²) in [7, 11) is 1.90. The highest BCUT2D eigenvalue weighted by Crippen LogP contribution is 2.24. The van der Waals surface area contributed by atoms with Gasteiger partial charge in [-0.15, -0.1) is 0 Å². The van der Waals surface area contributed by atoms with Crippen molar-refractivity contribution in [2.75, 3.05) is 7.05 Å². The molecule has 0 radical (unpaired) electrons. The number of likely N-dealkylation sites (N-methyl/N-ethyl adjacent to an activating group) is 1. The number of hydrogen-bond acceptors (Lipinski definition) is 3. The van der Waals surface area contributed by atoms with E-state index in [0.717, 1.165) is 22.6 Å². The third-order valence-electron chi connectivity index (χ3n) is 4.16. The average molecular weight is 346 g/mol. The van der Waals surface area contributed by atoms with Crippen LogP contribution in [0.5, 0.6) is 11.5 Å². The van der Waals surface area contributed by atoms with E-state index in [4.69, 9.17) is 10.5 Å².